The second kappa shape index (κ2) is 4.00. The van der Waals surface area contributed by atoms with Crippen molar-refractivity contribution in [3.63, 3.8) is 0 Å². The van der Waals surface area contributed by atoms with Gasteiger partial charge in [0.05, 0.1) is 6.10 Å². The molecule has 1 heteroatoms. The van der Waals surface area contributed by atoms with E-state index in [1.165, 1.54) is 44.9 Å². The van der Waals surface area contributed by atoms with Crippen LogP contribution in [0.1, 0.15) is 51.9 Å². The summed E-state index contributed by atoms with van der Waals surface area (Å²) in [5.41, 5.74) is 0. The van der Waals surface area contributed by atoms with Crippen LogP contribution in [0.3, 0.4) is 0 Å². The lowest BCUT2D eigenvalue weighted by molar-refractivity contribution is 0.0156. The summed E-state index contributed by atoms with van der Waals surface area (Å²) >= 11 is 0. The number of hydrogen-bond donors (Lipinski definition) is 1. The van der Waals surface area contributed by atoms with E-state index in [0.717, 1.165) is 5.92 Å². The average Bonchev–Trinajstić information content (AvgIpc) is 2.48. The summed E-state index contributed by atoms with van der Waals surface area (Å²) in [4.78, 5) is 0. The lowest BCUT2D eigenvalue weighted by atomic mass is 9.76. The highest BCUT2D eigenvalue weighted by Crippen LogP contribution is 2.41. The van der Waals surface area contributed by atoms with Crippen LogP contribution < -0.4 is 0 Å². The monoisotopic (exact) mass is 182 g/mol. The molecular weight excluding hydrogens is 160 g/mol. The summed E-state index contributed by atoms with van der Waals surface area (Å²) < 4.78 is 0. The molecule has 0 aromatic rings. The van der Waals surface area contributed by atoms with Crippen LogP contribution in [-0.4, -0.2) is 11.2 Å². The van der Waals surface area contributed by atoms with E-state index in [4.69, 9.17) is 0 Å². The lowest BCUT2D eigenvalue weighted by Gasteiger charge is -2.33. The highest BCUT2D eigenvalue weighted by atomic mass is 16.3. The third kappa shape index (κ3) is 1.90. The molecule has 3 unspecified atom stereocenters. The van der Waals surface area contributed by atoms with Gasteiger partial charge in [0.25, 0.3) is 0 Å². The van der Waals surface area contributed by atoms with Gasteiger partial charge in [-0.15, -0.1) is 0 Å². The second-order valence-electron chi connectivity index (χ2n) is 5.03. The first-order valence-corrected chi connectivity index (χ1v) is 5.99. The fourth-order valence-corrected chi connectivity index (χ4v) is 2.96. The molecule has 0 aliphatic heterocycles. The molecule has 76 valence electrons. The highest BCUT2D eigenvalue weighted by Gasteiger charge is 2.35. The van der Waals surface area contributed by atoms with Crippen LogP contribution in [0.25, 0.3) is 0 Å². The predicted octanol–water partition coefficient (Wildman–Crippen LogP) is 2.97. The molecule has 0 bridgehead atoms. The van der Waals surface area contributed by atoms with Crippen molar-refractivity contribution in [3.8, 4) is 0 Å². The van der Waals surface area contributed by atoms with Gasteiger partial charge in [0, 0.05) is 0 Å². The number of aliphatic hydroxyl groups excluding tert-OH is 1. The summed E-state index contributed by atoms with van der Waals surface area (Å²) in [6.07, 6.45) is 9.24. The van der Waals surface area contributed by atoms with Crippen molar-refractivity contribution in [2.24, 2.45) is 17.8 Å². The first-order valence-electron chi connectivity index (χ1n) is 5.99. The minimum absolute atomic E-state index is 0.0466. The fourth-order valence-electron chi connectivity index (χ4n) is 2.96. The molecule has 0 aromatic heterocycles. The number of hydrogen-bond acceptors (Lipinski definition) is 1. The Morgan fingerprint density at radius 3 is 2.38 bits per heavy atom. The van der Waals surface area contributed by atoms with Crippen LogP contribution >= 0.6 is 0 Å². The molecule has 0 saturated heterocycles. The molecule has 2 saturated carbocycles. The van der Waals surface area contributed by atoms with Crippen LogP contribution in [-0.2, 0) is 0 Å². The van der Waals surface area contributed by atoms with E-state index in [2.05, 4.69) is 6.92 Å². The maximum Gasteiger partial charge on any atom is 0.0596 e. The number of aliphatic hydroxyl groups is 1. The van der Waals surface area contributed by atoms with Crippen molar-refractivity contribution in [2.75, 3.05) is 0 Å². The molecule has 0 heterocycles. The van der Waals surface area contributed by atoms with Gasteiger partial charge in [-0.05, 0) is 43.4 Å². The van der Waals surface area contributed by atoms with Gasteiger partial charge in [-0.3, -0.25) is 0 Å². The third-order valence-electron chi connectivity index (χ3n) is 4.27. The van der Waals surface area contributed by atoms with Crippen LogP contribution in [0.15, 0.2) is 0 Å². The SMILES string of the molecule is CCC1CCC(C(O)C2CCC2)C1. The van der Waals surface area contributed by atoms with Crippen LogP contribution in [0, 0.1) is 17.8 Å². The van der Waals surface area contributed by atoms with E-state index in [-0.39, 0.29) is 6.10 Å². The van der Waals surface area contributed by atoms with Crippen molar-refractivity contribution in [1.29, 1.82) is 0 Å². The summed E-state index contributed by atoms with van der Waals surface area (Å²) in [5.74, 6) is 2.23. The van der Waals surface area contributed by atoms with Gasteiger partial charge in [0.15, 0.2) is 0 Å². The van der Waals surface area contributed by atoms with Crippen LogP contribution in [0.4, 0.5) is 0 Å². The maximum absolute atomic E-state index is 10.1. The smallest absolute Gasteiger partial charge is 0.0596 e. The average molecular weight is 182 g/mol. The Morgan fingerprint density at radius 2 is 1.92 bits per heavy atom. The van der Waals surface area contributed by atoms with Crippen molar-refractivity contribution < 1.29 is 5.11 Å². The molecule has 2 rings (SSSR count). The molecule has 2 fully saturated rings. The Hall–Kier alpha value is -0.0400. The van der Waals surface area contributed by atoms with Crippen molar-refractivity contribution in [1.82, 2.24) is 0 Å². The third-order valence-corrected chi connectivity index (χ3v) is 4.27. The van der Waals surface area contributed by atoms with Crippen LogP contribution in [0.2, 0.25) is 0 Å². The quantitative estimate of drug-likeness (QED) is 0.711. The topological polar surface area (TPSA) is 20.2 Å². The molecule has 3 atom stereocenters. The first kappa shape index (κ1) is 9.51. The van der Waals surface area contributed by atoms with Crippen molar-refractivity contribution in [3.05, 3.63) is 0 Å². The summed E-state index contributed by atoms with van der Waals surface area (Å²) in [6, 6.07) is 0. The minimum atomic E-state index is 0.0466. The molecule has 0 radical (unpaired) electrons. The molecule has 1 N–H and O–H groups in total. The first-order chi connectivity index (χ1) is 6.31. The van der Waals surface area contributed by atoms with Gasteiger partial charge in [-0.1, -0.05) is 26.2 Å². The predicted molar refractivity (Wildman–Crippen MR) is 54.5 cm³/mol. The van der Waals surface area contributed by atoms with E-state index in [0.29, 0.717) is 11.8 Å². The van der Waals surface area contributed by atoms with E-state index in [1.807, 2.05) is 0 Å². The number of rotatable bonds is 3. The molecule has 2 aliphatic rings. The van der Waals surface area contributed by atoms with Crippen molar-refractivity contribution >= 4 is 0 Å². The Morgan fingerprint density at radius 1 is 1.15 bits per heavy atom. The lowest BCUT2D eigenvalue weighted by Crippen LogP contribution is -2.32. The van der Waals surface area contributed by atoms with Gasteiger partial charge in [0.2, 0.25) is 0 Å². The minimum Gasteiger partial charge on any atom is -0.393 e. The van der Waals surface area contributed by atoms with Crippen LogP contribution in [0.5, 0.6) is 0 Å². The van der Waals surface area contributed by atoms with Gasteiger partial charge in [-0.2, -0.15) is 0 Å². The zero-order valence-corrected chi connectivity index (χ0v) is 8.71. The summed E-state index contributed by atoms with van der Waals surface area (Å²) in [6.45, 7) is 2.28. The van der Waals surface area contributed by atoms with E-state index < -0.39 is 0 Å². The van der Waals surface area contributed by atoms with Gasteiger partial charge < -0.3 is 5.11 Å². The Kier molecular flexibility index (Phi) is 2.92. The normalized spacial score (nSPS) is 37.4. The largest absolute Gasteiger partial charge is 0.393 e. The summed E-state index contributed by atoms with van der Waals surface area (Å²) in [5, 5.41) is 10.1. The maximum atomic E-state index is 10.1. The molecule has 0 aromatic carbocycles. The standard InChI is InChI=1S/C12H22O/c1-2-9-6-7-11(8-9)12(13)10-4-3-5-10/h9-13H,2-8H2,1H3. The molecule has 2 aliphatic carbocycles. The van der Waals surface area contributed by atoms with E-state index in [1.54, 1.807) is 0 Å². The summed E-state index contributed by atoms with van der Waals surface area (Å²) in [7, 11) is 0. The van der Waals surface area contributed by atoms with Gasteiger partial charge in [0.1, 0.15) is 0 Å². The Bertz CT molecular complexity index is 163. The Labute approximate surface area is 81.5 Å². The van der Waals surface area contributed by atoms with E-state index in [9.17, 15) is 5.11 Å². The zero-order valence-electron chi connectivity index (χ0n) is 8.71. The van der Waals surface area contributed by atoms with Gasteiger partial charge >= 0.3 is 0 Å². The van der Waals surface area contributed by atoms with Gasteiger partial charge in [-0.25, -0.2) is 0 Å². The molecule has 1 nitrogen and oxygen atoms in total. The highest BCUT2D eigenvalue weighted by molar-refractivity contribution is 4.86. The molecular formula is C12H22O. The molecule has 0 amide bonds. The molecule has 0 spiro atoms. The Balaban J connectivity index is 1.80. The van der Waals surface area contributed by atoms with E-state index >= 15 is 0 Å². The molecule has 13 heavy (non-hydrogen) atoms. The van der Waals surface area contributed by atoms with Crippen molar-refractivity contribution in [2.45, 2.75) is 58.0 Å². The fraction of sp³-hybridized carbons (Fsp3) is 1.00. The second-order valence-corrected chi connectivity index (χ2v) is 5.03. The zero-order chi connectivity index (χ0) is 9.26.